The normalized spacial score (nSPS) is 9.14. The lowest BCUT2D eigenvalue weighted by atomic mass is 10.0. The second-order valence-electron chi connectivity index (χ2n) is 5.18. The molecule has 0 aliphatic heterocycles. The molecule has 1 nitrogen and oxygen atoms in total. The minimum absolute atomic E-state index is 1.10. The maximum atomic E-state index is 4.00. The average molecular weight is 287 g/mol. The highest BCUT2D eigenvalue weighted by atomic mass is 15.0. The van der Waals surface area contributed by atoms with E-state index in [-0.39, 0.29) is 0 Å². The van der Waals surface area contributed by atoms with Crippen LogP contribution in [0, 0.1) is 12.8 Å². The van der Waals surface area contributed by atoms with E-state index >= 15 is 0 Å². The molecule has 0 saturated heterocycles. The molecule has 0 atom stereocenters. The van der Waals surface area contributed by atoms with Gasteiger partial charge in [-0.3, -0.25) is 0 Å². The van der Waals surface area contributed by atoms with Crippen LogP contribution >= 0.6 is 0 Å². The van der Waals surface area contributed by atoms with E-state index in [4.69, 9.17) is 0 Å². The number of hydrogen-bond donors (Lipinski definition) is 0. The zero-order valence-electron chi connectivity index (χ0n) is 14.7. The van der Waals surface area contributed by atoms with Gasteiger partial charge in [-0.1, -0.05) is 43.7 Å². The van der Waals surface area contributed by atoms with Crippen LogP contribution in [-0.4, -0.2) is 25.5 Å². The smallest absolute Gasteiger partial charge is 0.00217 e. The summed E-state index contributed by atoms with van der Waals surface area (Å²) in [6.45, 7) is 11.2. The Labute approximate surface area is 133 Å². The molecule has 0 spiro atoms. The van der Waals surface area contributed by atoms with Gasteiger partial charge in [0.05, 0.1) is 0 Å². The zero-order chi connectivity index (χ0) is 16.7. The summed E-state index contributed by atoms with van der Waals surface area (Å²) >= 11 is 0. The van der Waals surface area contributed by atoms with Crippen molar-refractivity contribution in [3.8, 4) is 12.8 Å². The third-order valence-electron chi connectivity index (χ3n) is 2.93. The molecule has 0 fully saturated rings. The predicted molar refractivity (Wildman–Crippen MR) is 97.7 cm³/mol. The minimum Gasteiger partial charge on any atom is -0.309 e. The predicted octanol–water partition coefficient (Wildman–Crippen LogP) is 4.97. The number of aryl methyl sites for hydroxylation is 2. The first-order valence-corrected chi connectivity index (χ1v) is 7.78. The minimum atomic E-state index is 1.10. The second kappa shape index (κ2) is 14.9. The summed E-state index contributed by atoms with van der Waals surface area (Å²) in [7, 11) is 4.25. The Morgan fingerprint density at radius 3 is 1.81 bits per heavy atom. The Bertz CT molecular complexity index is 371. The molecule has 0 unspecified atom stereocenters. The molecule has 1 aromatic rings. The molecule has 118 valence electrons. The summed E-state index contributed by atoms with van der Waals surface area (Å²) < 4.78 is 0. The molecule has 0 saturated carbocycles. The first kappa shape index (κ1) is 21.8. The SMILES string of the molecule is C#C.C=C(C)CCc1ccc(CCCN(C)C)cc1.CC. The van der Waals surface area contributed by atoms with Gasteiger partial charge in [0.25, 0.3) is 0 Å². The van der Waals surface area contributed by atoms with Gasteiger partial charge in [0.1, 0.15) is 0 Å². The van der Waals surface area contributed by atoms with Gasteiger partial charge in [0.15, 0.2) is 0 Å². The van der Waals surface area contributed by atoms with Crippen LogP contribution in [0.15, 0.2) is 36.4 Å². The van der Waals surface area contributed by atoms with E-state index < -0.39 is 0 Å². The topological polar surface area (TPSA) is 3.24 Å². The van der Waals surface area contributed by atoms with E-state index in [9.17, 15) is 0 Å². The van der Waals surface area contributed by atoms with Crippen molar-refractivity contribution in [2.24, 2.45) is 0 Å². The molecule has 0 heterocycles. The largest absolute Gasteiger partial charge is 0.309 e. The van der Waals surface area contributed by atoms with Crippen LogP contribution in [0.5, 0.6) is 0 Å². The lowest BCUT2D eigenvalue weighted by Crippen LogP contribution is -2.13. The number of allylic oxidation sites excluding steroid dienone is 1. The molecular formula is C20H33N. The van der Waals surface area contributed by atoms with Crippen molar-refractivity contribution >= 4 is 0 Å². The maximum Gasteiger partial charge on any atom is -0.00217 e. The fourth-order valence-corrected chi connectivity index (χ4v) is 1.83. The average Bonchev–Trinajstić information content (AvgIpc) is 2.50. The summed E-state index contributed by atoms with van der Waals surface area (Å²) in [5.41, 5.74) is 4.13. The van der Waals surface area contributed by atoms with Crippen molar-refractivity contribution in [2.75, 3.05) is 20.6 Å². The molecule has 0 amide bonds. The van der Waals surface area contributed by atoms with Gasteiger partial charge in [-0.15, -0.1) is 19.4 Å². The molecule has 0 aliphatic rings. The molecule has 0 radical (unpaired) electrons. The van der Waals surface area contributed by atoms with Crippen LogP contribution in [0.1, 0.15) is 44.7 Å². The van der Waals surface area contributed by atoms with Crippen molar-refractivity contribution in [2.45, 2.75) is 46.5 Å². The van der Waals surface area contributed by atoms with Crippen molar-refractivity contribution in [1.29, 1.82) is 0 Å². The van der Waals surface area contributed by atoms with Gasteiger partial charge < -0.3 is 4.90 Å². The Morgan fingerprint density at radius 1 is 1.00 bits per heavy atom. The number of terminal acetylenes is 1. The molecule has 1 rings (SSSR count). The van der Waals surface area contributed by atoms with Gasteiger partial charge >= 0.3 is 0 Å². The van der Waals surface area contributed by atoms with E-state index in [0.717, 1.165) is 19.4 Å². The number of hydrogen-bond acceptors (Lipinski definition) is 1. The van der Waals surface area contributed by atoms with Crippen molar-refractivity contribution in [3.05, 3.63) is 47.5 Å². The molecule has 0 N–H and O–H groups in total. The first-order valence-electron chi connectivity index (χ1n) is 7.78. The maximum absolute atomic E-state index is 4.00. The van der Waals surface area contributed by atoms with E-state index in [2.05, 4.69) is 69.6 Å². The van der Waals surface area contributed by atoms with E-state index in [1.165, 1.54) is 29.5 Å². The van der Waals surface area contributed by atoms with Gasteiger partial charge in [0.2, 0.25) is 0 Å². The molecule has 0 bridgehead atoms. The fourth-order valence-electron chi connectivity index (χ4n) is 1.83. The Hall–Kier alpha value is -1.52. The molecule has 0 aliphatic carbocycles. The number of benzene rings is 1. The molecule has 1 aromatic carbocycles. The fraction of sp³-hybridized carbons (Fsp3) is 0.500. The first-order chi connectivity index (χ1) is 10.1. The third-order valence-corrected chi connectivity index (χ3v) is 2.93. The second-order valence-corrected chi connectivity index (χ2v) is 5.18. The number of nitrogens with zero attached hydrogens (tertiary/aromatic N) is 1. The van der Waals surface area contributed by atoms with E-state index in [0.29, 0.717) is 0 Å². The summed E-state index contributed by atoms with van der Waals surface area (Å²) in [5.74, 6) is 0. The molecule has 1 heteroatoms. The van der Waals surface area contributed by atoms with Gasteiger partial charge in [-0.2, -0.15) is 0 Å². The van der Waals surface area contributed by atoms with E-state index in [1.807, 2.05) is 13.8 Å². The zero-order valence-corrected chi connectivity index (χ0v) is 14.7. The van der Waals surface area contributed by atoms with Crippen LogP contribution < -0.4 is 0 Å². The lowest BCUT2D eigenvalue weighted by molar-refractivity contribution is 0.400. The summed E-state index contributed by atoms with van der Waals surface area (Å²) in [4.78, 5) is 2.24. The van der Waals surface area contributed by atoms with Gasteiger partial charge in [-0.25, -0.2) is 0 Å². The van der Waals surface area contributed by atoms with E-state index in [1.54, 1.807) is 0 Å². The van der Waals surface area contributed by atoms with Crippen LogP contribution in [-0.2, 0) is 12.8 Å². The lowest BCUT2D eigenvalue weighted by Gasteiger charge is -2.09. The molecular weight excluding hydrogens is 254 g/mol. The van der Waals surface area contributed by atoms with Crippen molar-refractivity contribution in [1.82, 2.24) is 4.90 Å². The highest BCUT2D eigenvalue weighted by Crippen LogP contribution is 2.10. The Balaban J connectivity index is 0. The Morgan fingerprint density at radius 2 is 1.43 bits per heavy atom. The highest BCUT2D eigenvalue weighted by molar-refractivity contribution is 5.23. The molecule has 21 heavy (non-hydrogen) atoms. The summed E-state index contributed by atoms with van der Waals surface area (Å²) in [6, 6.07) is 9.05. The van der Waals surface area contributed by atoms with Crippen molar-refractivity contribution < 1.29 is 0 Å². The van der Waals surface area contributed by atoms with Crippen LogP contribution in [0.2, 0.25) is 0 Å². The Kier molecular flexibility index (Phi) is 15.4. The third kappa shape index (κ3) is 13.2. The highest BCUT2D eigenvalue weighted by Gasteiger charge is 1.97. The quantitative estimate of drug-likeness (QED) is 0.506. The number of rotatable bonds is 7. The van der Waals surface area contributed by atoms with Gasteiger partial charge in [0, 0.05) is 0 Å². The monoisotopic (exact) mass is 287 g/mol. The van der Waals surface area contributed by atoms with Gasteiger partial charge in [-0.05, 0) is 64.4 Å². The van der Waals surface area contributed by atoms with Crippen molar-refractivity contribution in [3.63, 3.8) is 0 Å². The molecule has 0 aromatic heterocycles. The van der Waals surface area contributed by atoms with Crippen LogP contribution in [0.25, 0.3) is 0 Å². The summed E-state index contributed by atoms with van der Waals surface area (Å²) in [6.07, 6.45) is 12.6. The van der Waals surface area contributed by atoms with Crippen LogP contribution in [0.3, 0.4) is 0 Å². The summed E-state index contributed by atoms with van der Waals surface area (Å²) in [5, 5.41) is 0. The van der Waals surface area contributed by atoms with Crippen LogP contribution in [0.4, 0.5) is 0 Å². The standard InChI is InChI=1S/C16H25N.C2H6.C2H2/c1-14(2)7-8-16-11-9-15(10-12-16)6-5-13-17(3)4;2*1-2/h9-12H,1,5-8,13H2,2-4H3;1-2H3;1-2H.